The fraction of sp³-hybridized carbons (Fsp3) is 0.923. The van der Waals surface area contributed by atoms with Crippen LogP contribution < -0.4 is 29.6 Å². The van der Waals surface area contributed by atoms with Gasteiger partial charge in [-0.3, -0.25) is 0 Å². The van der Waals surface area contributed by atoms with Crippen LogP contribution in [0.5, 0.6) is 0 Å². The second-order valence-electron chi connectivity index (χ2n) is 6.52. The summed E-state index contributed by atoms with van der Waals surface area (Å²) in [5, 5.41) is 0. The fourth-order valence-electron chi connectivity index (χ4n) is 4.63. The van der Waals surface area contributed by atoms with Crippen molar-refractivity contribution in [2.75, 3.05) is 0 Å². The van der Waals surface area contributed by atoms with Crippen LogP contribution in [0.15, 0.2) is 0 Å². The Balaban J connectivity index is 0.00000121. The Morgan fingerprint density at radius 3 is 1.68 bits per heavy atom. The number of rotatable bonds is 2. The topological polar surface area (TPSA) is 65.3 Å². The van der Waals surface area contributed by atoms with Crippen molar-refractivity contribution >= 4 is 15.9 Å². The van der Waals surface area contributed by atoms with Crippen LogP contribution in [-0.4, -0.2) is 19.8 Å². The molecule has 1 amide bonds. The van der Waals surface area contributed by atoms with Gasteiger partial charge in [0.15, 0.2) is 10.0 Å². The molecule has 9 heteroatoms. The Labute approximate surface area is 150 Å². The molecule has 0 unspecified atom stereocenters. The van der Waals surface area contributed by atoms with E-state index >= 15 is 0 Å². The number of carbonyl (C=O) groups excluding carboxylic acids is 1. The zero-order valence-corrected chi connectivity index (χ0v) is 14.5. The number of nitrogens with zero attached hydrogens (tertiary/aromatic N) is 1. The van der Waals surface area contributed by atoms with E-state index in [0.29, 0.717) is 37.0 Å². The molecule has 4 aliphatic rings. The number of carbonyl (C=O) groups is 1. The van der Waals surface area contributed by atoms with Crippen molar-refractivity contribution in [3.63, 3.8) is 0 Å². The van der Waals surface area contributed by atoms with Gasteiger partial charge >= 0.3 is 35.1 Å². The summed E-state index contributed by atoms with van der Waals surface area (Å²) in [6.07, 6.45) is 4.52. The number of halogens is 3. The van der Waals surface area contributed by atoms with E-state index in [-0.39, 0.29) is 37.0 Å². The molecule has 0 atom stereocenters. The molecule has 0 saturated heterocycles. The van der Waals surface area contributed by atoms with Gasteiger partial charge in [0.1, 0.15) is 0 Å². The molecule has 4 nitrogen and oxygen atoms in total. The molecule has 122 valence electrons. The van der Waals surface area contributed by atoms with Gasteiger partial charge < -0.3 is 9.52 Å². The molecule has 4 rings (SSSR count). The van der Waals surface area contributed by atoms with Gasteiger partial charge in [0, 0.05) is 5.41 Å². The minimum absolute atomic E-state index is 0. The minimum Gasteiger partial charge on any atom is -0.538 e. The Morgan fingerprint density at radius 1 is 1.00 bits per heavy atom. The fourth-order valence-corrected chi connectivity index (χ4v) is 5.15. The Morgan fingerprint density at radius 2 is 1.36 bits per heavy atom. The molecule has 0 heterocycles. The maximum absolute atomic E-state index is 12.3. The third kappa shape index (κ3) is 3.35. The van der Waals surface area contributed by atoms with Crippen molar-refractivity contribution in [1.29, 1.82) is 0 Å². The van der Waals surface area contributed by atoms with Crippen LogP contribution in [0.25, 0.3) is 4.72 Å². The van der Waals surface area contributed by atoms with E-state index in [1.165, 1.54) is 0 Å². The van der Waals surface area contributed by atoms with Gasteiger partial charge in [0.25, 0.3) is 0 Å². The summed E-state index contributed by atoms with van der Waals surface area (Å²) in [5.41, 5.74) is -6.45. The van der Waals surface area contributed by atoms with E-state index < -0.39 is 26.9 Å². The van der Waals surface area contributed by atoms with Crippen LogP contribution in [0.1, 0.15) is 46.0 Å². The molecule has 4 fully saturated rings. The van der Waals surface area contributed by atoms with Gasteiger partial charge in [-0.1, -0.05) is 7.43 Å². The minimum atomic E-state index is -5.72. The van der Waals surface area contributed by atoms with E-state index in [1.807, 2.05) is 0 Å². The van der Waals surface area contributed by atoms with E-state index in [4.69, 9.17) is 0 Å². The first-order valence-electron chi connectivity index (χ1n) is 6.70. The molecular formula is C13H19F3NNaO3S. The zero-order chi connectivity index (χ0) is 14.8. The first kappa shape index (κ1) is 20.3. The van der Waals surface area contributed by atoms with Crippen LogP contribution >= 0.6 is 0 Å². The van der Waals surface area contributed by atoms with Crippen LogP contribution in [0.4, 0.5) is 13.2 Å². The maximum atomic E-state index is 12.3. The summed E-state index contributed by atoms with van der Waals surface area (Å²) < 4.78 is 61.7. The summed E-state index contributed by atoms with van der Waals surface area (Å²) in [4.78, 5) is 12.1. The van der Waals surface area contributed by atoms with E-state index in [9.17, 15) is 26.4 Å². The summed E-state index contributed by atoms with van der Waals surface area (Å²) in [5.74, 6) is -0.0501. The standard InChI is InChI=1S/C12H16F3NO3S.CH4.Na/c13-12(14,15)20(18,19)16-10(17)11-4-7-1-8(5-11)3-9(2-7)6-11;;/h7-9H,1-6H2,(H,16,17);1H4;/q;;+1/p-1. The van der Waals surface area contributed by atoms with Gasteiger partial charge in [-0.15, -0.1) is 0 Å². The second kappa shape index (κ2) is 6.26. The maximum Gasteiger partial charge on any atom is 1.00 e. The third-order valence-electron chi connectivity index (χ3n) is 4.99. The summed E-state index contributed by atoms with van der Waals surface area (Å²) in [6.45, 7) is 0. The van der Waals surface area contributed by atoms with E-state index in [2.05, 4.69) is 4.72 Å². The van der Waals surface area contributed by atoms with Crippen molar-refractivity contribution in [3.8, 4) is 0 Å². The molecule has 0 N–H and O–H groups in total. The smallest absolute Gasteiger partial charge is 0.538 e. The molecule has 0 spiro atoms. The number of amides is 1. The normalized spacial score (nSPS) is 36.2. The van der Waals surface area contributed by atoms with Crippen molar-refractivity contribution in [2.45, 2.75) is 51.5 Å². The van der Waals surface area contributed by atoms with Crippen molar-refractivity contribution in [2.24, 2.45) is 23.2 Å². The van der Waals surface area contributed by atoms with Gasteiger partial charge in [0.2, 0.25) is 0 Å². The first-order valence-corrected chi connectivity index (χ1v) is 8.14. The summed E-state index contributed by atoms with van der Waals surface area (Å²) in [7, 11) is -5.72. The van der Waals surface area contributed by atoms with Crippen molar-refractivity contribution in [1.82, 2.24) is 0 Å². The van der Waals surface area contributed by atoms with Crippen molar-refractivity contribution < 1.29 is 55.9 Å². The van der Waals surface area contributed by atoms with Crippen LogP contribution in [0, 0.1) is 23.2 Å². The molecule has 0 aromatic carbocycles. The van der Waals surface area contributed by atoms with Gasteiger partial charge in [-0.2, -0.15) is 13.2 Å². The first-order chi connectivity index (χ1) is 9.11. The molecule has 0 aliphatic heterocycles. The Hall–Kier alpha value is 0.210. The predicted molar refractivity (Wildman–Crippen MR) is 70.7 cm³/mol. The van der Waals surface area contributed by atoms with Crippen LogP contribution in [0.3, 0.4) is 0 Å². The zero-order valence-electron chi connectivity index (χ0n) is 11.7. The molecule has 0 aromatic heterocycles. The van der Waals surface area contributed by atoms with E-state index in [1.54, 1.807) is 0 Å². The van der Waals surface area contributed by atoms with Crippen LogP contribution in [0.2, 0.25) is 0 Å². The number of alkyl halides is 3. The Bertz CT molecular complexity index is 512. The van der Waals surface area contributed by atoms with Gasteiger partial charge in [-0.25, -0.2) is 8.42 Å². The largest absolute Gasteiger partial charge is 1.00 e. The summed E-state index contributed by atoms with van der Waals surface area (Å²) in [6, 6.07) is 0. The monoisotopic (exact) mass is 349 g/mol. The number of sulfonamides is 1. The average molecular weight is 349 g/mol. The SMILES string of the molecule is C.O=C([N-]S(=O)(=O)C(F)(F)F)C12CC3CC(CC(C3)C1)C2.[Na+]. The van der Waals surface area contributed by atoms with Gasteiger partial charge in [0.05, 0.1) is 5.91 Å². The molecular weight excluding hydrogens is 330 g/mol. The van der Waals surface area contributed by atoms with Crippen LogP contribution in [-0.2, 0) is 14.8 Å². The Kier molecular flexibility index (Phi) is 5.76. The molecule has 4 aliphatic carbocycles. The average Bonchev–Trinajstić information content (AvgIpc) is 2.24. The van der Waals surface area contributed by atoms with E-state index in [0.717, 1.165) is 19.3 Å². The predicted octanol–water partition coefficient (Wildman–Crippen LogP) is 0.593. The second-order valence-corrected chi connectivity index (χ2v) is 8.11. The van der Waals surface area contributed by atoms with Crippen molar-refractivity contribution in [3.05, 3.63) is 4.72 Å². The summed E-state index contributed by atoms with van der Waals surface area (Å²) >= 11 is 0. The quantitative estimate of drug-likeness (QED) is 0.686. The number of hydrogen-bond acceptors (Lipinski definition) is 3. The molecule has 4 bridgehead atoms. The molecule has 4 saturated carbocycles. The number of hydrogen-bond donors (Lipinski definition) is 0. The van der Waals surface area contributed by atoms with Gasteiger partial charge in [-0.05, 0) is 56.3 Å². The molecule has 0 radical (unpaired) electrons. The third-order valence-corrected chi connectivity index (χ3v) is 5.98. The molecule has 22 heavy (non-hydrogen) atoms. The molecule has 0 aromatic rings.